The van der Waals surface area contributed by atoms with Crippen molar-refractivity contribution in [2.45, 2.75) is 26.8 Å². The van der Waals surface area contributed by atoms with Crippen LogP contribution in [0, 0.1) is 5.92 Å². The quantitative estimate of drug-likeness (QED) is 0.730. The van der Waals surface area contributed by atoms with E-state index in [-0.39, 0.29) is 41.5 Å². The average Bonchev–Trinajstić information content (AvgIpc) is 2.57. The maximum Gasteiger partial charge on any atom is 0.342 e. The van der Waals surface area contributed by atoms with Gasteiger partial charge >= 0.3 is 5.97 Å². The SMILES string of the molecule is COc1ccc(C(=O)OCC(=O)N[C@@H](C)C(C)C)c(OC)c1OC. The first-order valence-corrected chi connectivity index (χ1v) is 7.61. The topological polar surface area (TPSA) is 83.1 Å². The second-order valence-electron chi connectivity index (χ2n) is 5.56. The molecule has 1 atom stereocenters. The number of carbonyl (C=O) groups excluding carboxylic acids is 2. The molecule has 0 radical (unpaired) electrons. The Morgan fingerprint density at radius 2 is 1.62 bits per heavy atom. The molecular formula is C17H25NO6. The maximum atomic E-state index is 12.2. The number of amides is 1. The summed E-state index contributed by atoms with van der Waals surface area (Å²) >= 11 is 0. The van der Waals surface area contributed by atoms with Gasteiger partial charge in [0.15, 0.2) is 18.1 Å². The van der Waals surface area contributed by atoms with E-state index in [1.54, 1.807) is 6.07 Å². The monoisotopic (exact) mass is 339 g/mol. The lowest BCUT2D eigenvalue weighted by molar-refractivity contribution is -0.125. The summed E-state index contributed by atoms with van der Waals surface area (Å²) in [6.07, 6.45) is 0. The molecule has 1 aromatic carbocycles. The molecule has 7 nitrogen and oxygen atoms in total. The van der Waals surface area contributed by atoms with E-state index in [0.717, 1.165) is 0 Å². The molecule has 0 fully saturated rings. The summed E-state index contributed by atoms with van der Waals surface area (Å²) in [7, 11) is 4.33. The molecule has 0 saturated carbocycles. The van der Waals surface area contributed by atoms with Gasteiger partial charge in [-0.25, -0.2) is 4.79 Å². The highest BCUT2D eigenvalue weighted by Crippen LogP contribution is 2.39. The average molecular weight is 339 g/mol. The molecule has 0 aromatic heterocycles. The van der Waals surface area contributed by atoms with Gasteiger partial charge in [-0.05, 0) is 25.0 Å². The van der Waals surface area contributed by atoms with E-state index < -0.39 is 5.97 Å². The molecule has 1 rings (SSSR count). The van der Waals surface area contributed by atoms with Crippen LogP contribution >= 0.6 is 0 Å². The van der Waals surface area contributed by atoms with E-state index in [0.29, 0.717) is 5.75 Å². The Balaban J connectivity index is 2.83. The van der Waals surface area contributed by atoms with Gasteiger partial charge in [0.2, 0.25) is 5.75 Å². The van der Waals surface area contributed by atoms with Crippen molar-refractivity contribution in [3.05, 3.63) is 17.7 Å². The molecule has 0 aliphatic rings. The van der Waals surface area contributed by atoms with E-state index in [9.17, 15) is 9.59 Å². The van der Waals surface area contributed by atoms with Gasteiger partial charge in [0, 0.05) is 6.04 Å². The lowest BCUT2D eigenvalue weighted by atomic mass is 10.1. The van der Waals surface area contributed by atoms with Gasteiger partial charge in [0.05, 0.1) is 21.3 Å². The number of ether oxygens (including phenoxy) is 4. The van der Waals surface area contributed by atoms with Crippen LogP contribution in [0.5, 0.6) is 17.2 Å². The van der Waals surface area contributed by atoms with Crippen molar-refractivity contribution in [3.63, 3.8) is 0 Å². The Labute approximate surface area is 142 Å². The summed E-state index contributed by atoms with van der Waals surface area (Å²) in [5.74, 6) is 0.152. The van der Waals surface area contributed by atoms with E-state index >= 15 is 0 Å². The Kier molecular flexibility index (Phi) is 7.35. The van der Waals surface area contributed by atoms with Crippen molar-refractivity contribution in [2.75, 3.05) is 27.9 Å². The van der Waals surface area contributed by atoms with Crippen molar-refractivity contribution in [1.29, 1.82) is 0 Å². The minimum Gasteiger partial charge on any atom is -0.493 e. The molecule has 0 unspecified atom stereocenters. The molecular weight excluding hydrogens is 314 g/mol. The van der Waals surface area contributed by atoms with Crippen LogP contribution in [-0.4, -0.2) is 45.9 Å². The Morgan fingerprint density at radius 3 is 2.12 bits per heavy atom. The normalized spacial score (nSPS) is 11.6. The summed E-state index contributed by atoms with van der Waals surface area (Å²) in [6, 6.07) is 3.06. The van der Waals surface area contributed by atoms with Crippen molar-refractivity contribution >= 4 is 11.9 Å². The Hall–Kier alpha value is -2.44. The fraction of sp³-hybridized carbons (Fsp3) is 0.529. The minimum atomic E-state index is -0.680. The van der Waals surface area contributed by atoms with Gasteiger partial charge in [-0.3, -0.25) is 4.79 Å². The first kappa shape index (κ1) is 19.6. The molecule has 1 N–H and O–H groups in total. The third-order valence-electron chi connectivity index (χ3n) is 3.65. The minimum absolute atomic E-state index is 0.00758. The first-order chi connectivity index (χ1) is 11.3. The van der Waals surface area contributed by atoms with Gasteiger partial charge in [0.25, 0.3) is 5.91 Å². The zero-order valence-electron chi connectivity index (χ0n) is 15.0. The molecule has 0 aliphatic carbocycles. The van der Waals surface area contributed by atoms with E-state index in [2.05, 4.69) is 5.32 Å². The van der Waals surface area contributed by atoms with E-state index in [1.807, 2.05) is 20.8 Å². The number of hydrogen-bond donors (Lipinski definition) is 1. The van der Waals surface area contributed by atoms with Crippen LogP contribution in [0.25, 0.3) is 0 Å². The first-order valence-electron chi connectivity index (χ1n) is 7.61. The number of hydrogen-bond acceptors (Lipinski definition) is 6. The van der Waals surface area contributed by atoms with Crippen molar-refractivity contribution in [2.24, 2.45) is 5.92 Å². The summed E-state index contributed by atoms with van der Waals surface area (Å²) < 4.78 is 20.7. The summed E-state index contributed by atoms with van der Waals surface area (Å²) in [6.45, 7) is 5.51. The molecule has 24 heavy (non-hydrogen) atoms. The smallest absolute Gasteiger partial charge is 0.342 e. The van der Waals surface area contributed by atoms with Gasteiger partial charge < -0.3 is 24.3 Å². The molecule has 0 aliphatic heterocycles. The molecule has 0 heterocycles. The van der Waals surface area contributed by atoms with Crippen LogP contribution in [0.3, 0.4) is 0 Å². The lowest BCUT2D eigenvalue weighted by Gasteiger charge is -2.18. The highest BCUT2D eigenvalue weighted by molar-refractivity contribution is 5.95. The molecule has 1 aromatic rings. The van der Waals surface area contributed by atoms with E-state index in [1.165, 1.54) is 27.4 Å². The van der Waals surface area contributed by atoms with Crippen molar-refractivity contribution in [1.82, 2.24) is 5.32 Å². The largest absolute Gasteiger partial charge is 0.493 e. The van der Waals surface area contributed by atoms with Crippen LogP contribution in [0.2, 0.25) is 0 Å². The number of carbonyl (C=O) groups is 2. The highest BCUT2D eigenvalue weighted by atomic mass is 16.5. The van der Waals surface area contributed by atoms with Crippen molar-refractivity contribution < 1.29 is 28.5 Å². The lowest BCUT2D eigenvalue weighted by Crippen LogP contribution is -2.38. The summed E-state index contributed by atoms with van der Waals surface area (Å²) in [4.78, 5) is 24.0. The van der Waals surface area contributed by atoms with Crippen LogP contribution in [-0.2, 0) is 9.53 Å². The Bertz CT molecular complexity index is 585. The zero-order chi connectivity index (χ0) is 18.3. The molecule has 1 amide bonds. The van der Waals surface area contributed by atoms with E-state index in [4.69, 9.17) is 18.9 Å². The number of rotatable bonds is 8. The fourth-order valence-corrected chi connectivity index (χ4v) is 1.93. The number of methoxy groups -OCH3 is 3. The van der Waals surface area contributed by atoms with Gasteiger partial charge in [-0.2, -0.15) is 0 Å². The second kappa shape index (κ2) is 9.00. The molecule has 134 valence electrons. The molecule has 0 bridgehead atoms. The number of nitrogens with one attached hydrogen (secondary N) is 1. The number of benzene rings is 1. The van der Waals surface area contributed by atoms with Gasteiger partial charge in [-0.1, -0.05) is 13.8 Å². The Morgan fingerprint density at radius 1 is 1.00 bits per heavy atom. The molecule has 0 saturated heterocycles. The van der Waals surface area contributed by atoms with Gasteiger partial charge in [0.1, 0.15) is 5.56 Å². The molecule has 7 heteroatoms. The third kappa shape index (κ3) is 4.78. The van der Waals surface area contributed by atoms with Crippen LogP contribution in [0.4, 0.5) is 0 Å². The predicted molar refractivity (Wildman–Crippen MR) is 88.8 cm³/mol. The van der Waals surface area contributed by atoms with Gasteiger partial charge in [-0.15, -0.1) is 0 Å². The predicted octanol–water partition coefficient (Wildman–Crippen LogP) is 2.03. The summed E-state index contributed by atoms with van der Waals surface area (Å²) in [5, 5.41) is 2.76. The standard InChI is InChI=1S/C17H25NO6/c1-10(2)11(3)18-14(19)9-24-17(20)12-7-8-13(21-4)16(23-6)15(12)22-5/h7-8,10-11H,9H2,1-6H3,(H,18,19)/t11-/m0/s1. The van der Waals surface area contributed by atoms with Crippen LogP contribution in [0.15, 0.2) is 12.1 Å². The maximum absolute atomic E-state index is 12.2. The molecule has 0 spiro atoms. The van der Waals surface area contributed by atoms with Crippen LogP contribution < -0.4 is 19.5 Å². The summed E-state index contributed by atoms with van der Waals surface area (Å²) in [5.41, 5.74) is 0.153. The zero-order valence-corrected chi connectivity index (χ0v) is 15.0. The third-order valence-corrected chi connectivity index (χ3v) is 3.65. The fourth-order valence-electron chi connectivity index (χ4n) is 1.93. The highest BCUT2D eigenvalue weighted by Gasteiger charge is 2.22. The second-order valence-corrected chi connectivity index (χ2v) is 5.56. The van der Waals surface area contributed by atoms with Crippen LogP contribution in [0.1, 0.15) is 31.1 Å². The number of esters is 1. The van der Waals surface area contributed by atoms with Crippen molar-refractivity contribution in [3.8, 4) is 17.2 Å².